The van der Waals surface area contributed by atoms with E-state index in [-0.39, 0.29) is 11.5 Å². The van der Waals surface area contributed by atoms with E-state index in [4.69, 9.17) is 21.1 Å². The number of carboxylic acid groups (broad SMARTS) is 1. The summed E-state index contributed by atoms with van der Waals surface area (Å²) in [5.74, 6) is -1.89. The first-order valence-corrected chi connectivity index (χ1v) is 6.00. The summed E-state index contributed by atoms with van der Waals surface area (Å²) in [6.07, 6.45) is 2.61. The highest BCUT2D eigenvalue weighted by Crippen LogP contribution is 2.17. The lowest BCUT2D eigenvalue weighted by molar-refractivity contribution is -0.132. The molecule has 0 saturated carbocycles. The van der Waals surface area contributed by atoms with Crippen LogP contribution in [0.25, 0.3) is 6.08 Å². The van der Waals surface area contributed by atoms with Crippen LogP contribution >= 0.6 is 11.6 Å². The third kappa shape index (κ3) is 3.27. The molecule has 0 radical (unpaired) electrons. The maximum atomic E-state index is 11.8. The lowest BCUT2D eigenvalue weighted by atomic mass is 10.2. The Bertz CT molecular complexity index is 662. The maximum Gasteiger partial charge on any atom is 0.352 e. The Labute approximate surface area is 119 Å². The van der Waals surface area contributed by atoms with Gasteiger partial charge in [0.1, 0.15) is 5.70 Å². The van der Waals surface area contributed by atoms with Crippen molar-refractivity contribution >= 4 is 29.6 Å². The zero-order valence-electron chi connectivity index (χ0n) is 10.2. The van der Waals surface area contributed by atoms with Gasteiger partial charge in [0.05, 0.1) is 6.26 Å². The average Bonchev–Trinajstić information content (AvgIpc) is 2.94. The summed E-state index contributed by atoms with van der Waals surface area (Å²) in [7, 11) is 0. The van der Waals surface area contributed by atoms with Crippen molar-refractivity contribution in [3.63, 3.8) is 0 Å². The zero-order chi connectivity index (χ0) is 14.5. The van der Waals surface area contributed by atoms with Crippen molar-refractivity contribution < 1.29 is 19.1 Å². The van der Waals surface area contributed by atoms with Crippen LogP contribution in [0.1, 0.15) is 16.1 Å². The molecule has 20 heavy (non-hydrogen) atoms. The van der Waals surface area contributed by atoms with Gasteiger partial charge < -0.3 is 14.8 Å². The summed E-state index contributed by atoms with van der Waals surface area (Å²) >= 11 is 5.94. The molecule has 102 valence electrons. The molecule has 0 fully saturated rings. The Morgan fingerprint density at radius 2 is 1.95 bits per heavy atom. The second kappa shape index (κ2) is 6.08. The minimum Gasteiger partial charge on any atom is -0.477 e. The monoisotopic (exact) mass is 291 g/mol. The van der Waals surface area contributed by atoms with Crippen molar-refractivity contribution in [2.75, 3.05) is 0 Å². The van der Waals surface area contributed by atoms with Crippen molar-refractivity contribution in [3.8, 4) is 0 Å². The fourth-order valence-corrected chi connectivity index (χ4v) is 1.68. The van der Waals surface area contributed by atoms with E-state index in [2.05, 4.69) is 5.32 Å². The normalized spacial score (nSPS) is 11.2. The topological polar surface area (TPSA) is 79.5 Å². The van der Waals surface area contributed by atoms with Crippen LogP contribution in [0.4, 0.5) is 0 Å². The molecule has 0 aliphatic heterocycles. The van der Waals surface area contributed by atoms with E-state index in [1.165, 1.54) is 24.5 Å². The molecule has 0 unspecified atom stereocenters. The molecular weight excluding hydrogens is 282 g/mol. The predicted molar refractivity (Wildman–Crippen MR) is 73.2 cm³/mol. The number of carbonyl (C=O) groups is 2. The van der Waals surface area contributed by atoms with Crippen molar-refractivity contribution in [2.24, 2.45) is 0 Å². The Morgan fingerprint density at radius 1 is 1.20 bits per heavy atom. The van der Waals surface area contributed by atoms with E-state index in [1.807, 2.05) is 0 Å². The van der Waals surface area contributed by atoms with Crippen LogP contribution in [0.15, 0.2) is 52.8 Å². The van der Waals surface area contributed by atoms with Gasteiger partial charge in [0.2, 0.25) is 0 Å². The van der Waals surface area contributed by atoms with E-state index in [0.29, 0.717) is 10.6 Å². The summed E-state index contributed by atoms with van der Waals surface area (Å²) in [5, 5.41) is 11.8. The van der Waals surface area contributed by atoms with Crippen LogP contribution in [0, 0.1) is 0 Å². The number of carbonyl (C=O) groups excluding carboxylic acids is 1. The molecule has 0 bridgehead atoms. The number of carboxylic acids is 1. The Morgan fingerprint density at radius 3 is 2.55 bits per heavy atom. The number of benzene rings is 1. The standard InChI is InChI=1S/C14H10ClNO4/c15-10-5-2-1-4-9(10)8-11(14(18)19)16-13(17)12-6-3-7-20-12/h1-8H,(H,16,17)(H,18,19). The van der Waals surface area contributed by atoms with Crippen molar-refractivity contribution in [3.05, 3.63) is 64.7 Å². The molecule has 1 aromatic carbocycles. The number of furan rings is 1. The molecule has 0 aliphatic carbocycles. The van der Waals surface area contributed by atoms with Crippen molar-refractivity contribution in [1.29, 1.82) is 0 Å². The first kappa shape index (κ1) is 13.9. The van der Waals surface area contributed by atoms with Crippen LogP contribution in [-0.2, 0) is 4.79 Å². The van der Waals surface area contributed by atoms with Crippen molar-refractivity contribution in [1.82, 2.24) is 5.32 Å². The molecular formula is C14H10ClNO4. The van der Waals surface area contributed by atoms with Gasteiger partial charge in [0, 0.05) is 5.02 Å². The SMILES string of the molecule is O=C(O)C(=Cc1ccccc1Cl)NC(=O)c1ccco1. The van der Waals surface area contributed by atoms with Crippen LogP contribution in [0.5, 0.6) is 0 Å². The zero-order valence-corrected chi connectivity index (χ0v) is 10.9. The number of halogens is 1. The third-order valence-electron chi connectivity index (χ3n) is 2.43. The summed E-state index contributed by atoms with van der Waals surface area (Å²) in [6.45, 7) is 0. The van der Waals surface area contributed by atoms with E-state index in [0.717, 1.165) is 0 Å². The molecule has 1 amide bonds. The minimum absolute atomic E-state index is 0.0244. The maximum absolute atomic E-state index is 11.8. The first-order chi connectivity index (χ1) is 9.58. The fraction of sp³-hybridized carbons (Fsp3) is 0. The highest BCUT2D eigenvalue weighted by molar-refractivity contribution is 6.32. The molecule has 0 saturated heterocycles. The number of aliphatic carboxylic acids is 1. The molecule has 1 aromatic heterocycles. The predicted octanol–water partition coefficient (Wildman–Crippen LogP) is 2.79. The molecule has 5 nitrogen and oxygen atoms in total. The first-order valence-electron chi connectivity index (χ1n) is 5.62. The summed E-state index contributed by atoms with van der Waals surface area (Å²) in [5.41, 5.74) is 0.200. The fourth-order valence-electron chi connectivity index (χ4n) is 1.49. The lowest BCUT2D eigenvalue weighted by Gasteiger charge is -2.05. The van der Waals surface area contributed by atoms with Gasteiger partial charge in [-0.25, -0.2) is 4.79 Å². The molecule has 2 aromatic rings. The summed E-state index contributed by atoms with van der Waals surface area (Å²) in [4.78, 5) is 22.9. The minimum atomic E-state index is -1.27. The van der Waals surface area contributed by atoms with Gasteiger partial charge in [0.25, 0.3) is 5.91 Å². The van der Waals surface area contributed by atoms with E-state index < -0.39 is 11.9 Å². The summed E-state index contributed by atoms with van der Waals surface area (Å²) in [6, 6.07) is 9.68. The summed E-state index contributed by atoms with van der Waals surface area (Å²) < 4.78 is 4.89. The molecule has 0 atom stereocenters. The number of hydrogen-bond acceptors (Lipinski definition) is 3. The number of amides is 1. The average molecular weight is 292 g/mol. The van der Waals surface area contributed by atoms with Gasteiger partial charge in [0.15, 0.2) is 5.76 Å². The van der Waals surface area contributed by atoms with Crippen LogP contribution in [-0.4, -0.2) is 17.0 Å². The second-order valence-corrected chi connectivity index (χ2v) is 4.22. The van der Waals surface area contributed by atoms with Crippen LogP contribution in [0.2, 0.25) is 5.02 Å². The highest BCUT2D eigenvalue weighted by Gasteiger charge is 2.15. The smallest absolute Gasteiger partial charge is 0.352 e. The molecule has 2 N–H and O–H groups in total. The highest BCUT2D eigenvalue weighted by atomic mass is 35.5. The largest absolute Gasteiger partial charge is 0.477 e. The third-order valence-corrected chi connectivity index (χ3v) is 2.77. The van der Waals surface area contributed by atoms with Gasteiger partial charge in [-0.2, -0.15) is 0 Å². The molecule has 1 heterocycles. The molecule has 6 heteroatoms. The van der Waals surface area contributed by atoms with E-state index >= 15 is 0 Å². The molecule has 0 aliphatic rings. The number of nitrogens with one attached hydrogen (secondary N) is 1. The Hall–Kier alpha value is -2.53. The van der Waals surface area contributed by atoms with E-state index in [9.17, 15) is 9.59 Å². The van der Waals surface area contributed by atoms with Gasteiger partial charge in [-0.3, -0.25) is 4.79 Å². The van der Waals surface area contributed by atoms with Crippen LogP contribution in [0.3, 0.4) is 0 Å². The Balaban J connectivity index is 2.26. The van der Waals surface area contributed by atoms with Gasteiger partial charge >= 0.3 is 5.97 Å². The molecule has 0 spiro atoms. The van der Waals surface area contributed by atoms with Gasteiger partial charge in [-0.1, -0.05) is 29.8 Å². The van der Waals surface area contributed by atoms with E-state index in [1.54, 1.807) is 24.3 Å². The van der Waals surface area contributed by atoms with Crippen LogP contribution < -0.4 is 5.32 Å². The Kier molecular flexibility index (Phi) is 4.22. The van der Waals surface area contributed by atoms with Gasteiger partial charge in [-0.15, -0.1) is 0 Å². The quantitative estimate of drug-likeness (QED) is 0.849. The number of rotatable bonds is 4. The second-order valence-electron chi connectivity index (χ2n) is 3.82. The molecule has 2 rings (SSSR count). The van der Waals surface area contributed by atoms with Gasteiger partial charge in [-0.05, 0) is 29.8 Å². The van der Waals surface area contributed by atoms with Crippen molar-refractivity contribution in [2.45, 2.75) is 0 Å². The number of hydrogen-bond donors (Lipinski definition) is 2. The lowest BCUT2D eigenvalue weighted by Crippen LogP contribution is -2.26.